The van der Waals surface area contributed by atoms with Gasteiger partial charge in [0.2, 0.25) is 0 Å². The minimum atomic E-state index is -0.629. The van der Waals surface area contributed by atoms with E-state index in [-0.39, 0.29) is 79.1 Å². The van der Waals surface area contributed by atoms with Gasteiger partial charge in [0.15, 0.2) is 0 Å². The van der Waals surface area contributed by atoms with Crippen molar-refractivity contribution in [1.82, 2.24) is 0 Å². The Morgan fingerprint density at radius 3 is 0.722 bits per heavy atom. The standard InChI is InChI=1S/C130H116N2O12/c1-25-107(133)143-81-57-91(65(3)4)121(92(58-81)66(5)6)131-123(135)99-61-103(139-77-37-29-73(30-38-77)127(13,14)15)115-87-49-45-83-95-53-69(11)71(55-97(95)85-47-51-89(111(87)109(83)85)117-105(63-101(125(131)137)113(99)119(115)117)141-79-41-33-75(34-42-79)129(19,20)21)27-28-72-56-98-86-48-52-90-112-88(50-46-84(110(86)112)96(98)54-70(72)12)116-104(140-78-39-31-74(32-40-78)128(16,17)18)62-100-114-102(64-106(118(90)120(114)116)142-80-43-35-76(36-44-80)130(22,23)24)126(138)132(124(100)136)122-93(67(7)8)59-82(144-108(134)26-2)60-94(122)68(9)10/h25-26,29-68H,1-2,27-28H2,3-24H3. The number of rotatable bonds is 21. The Kier molecular flexibility index (Phi) is 21.8. The number of hydrogen-bond acceptors (Lipinski definition) is 12. The second-order valence-electron chi connectivity index (χ2n) is 45.1. The number of ether oxygens (including phenoxy) is 6. The number of hydrogen-bond donors (Lipinski definition) is 0. The molecule has 0 atom stereocenters. The van der Waals surface area contributed by atoms with Crippen LogP contribution in [0.15, 0.2) is 244 Å². The molecule has 0 bridgehead atoms. The van der Waals surface area contributed by atoms with Crippen LogP contribution in [0.25, 0.3) is 131 Å². The van der Waals surface area contributed by atoms with Gasteiger partial charge in [0, 0.05) is 55.2 Å². The van der Waals surface area contributed by atoms with Crippen molar-refractivity contribution in [3.63, 3.8) is 0 Å². The Morgan fingerprint density at radius 2 is 0.500 bits per heavy atom. The highest BCUT2D eigenvalue weighted by Gasteiger charge is 2.45. The van der Waals surface area contributed by atoms with Crippen molar-refractivity contribution in [2.24, 2.45) is 0 Å². The third-order valence-corrected chi connectivity index (χ3v) is 30.4. The van der Waals surface area contributed by atoms with Gasteiger partial charge in [-0.2, -0.15) is 0 Å². The average molecular weight is 1900 g/mol. The van der Waals surface area contributed by atoms with Crippen molar-refractivity contribution in [2.75, 3.05) is 9.80 Å². The molecule has 144 heavy (non-hydrogen) atoms. The van der Waals surface area contributed by atoms with Crippen LogP contribution >= 0.6 is 0 Å². The first-order chi connectivity index (χ1) is 68.4. The lowest BCUT2D eigenvalue weighted by Gasteiger charge is -2.34. The SMILES string of the molecule is C=CC(=O)Oc1cc(C(C)C)c(N2C(=O)c3cc(Oc4ccc(C(C)(C)C)cc4)c4c5ccc6c7c(ccc(c8c(Oc9ccc(C(C)(C)C)cc9)cc(c3c48)C2=O)c75)-c2cc(CCc3cc4c(cc3C)-c3ccc5c7c(Oc8ccc(C(C)(C)C)cc8)cc8c9c(cc(Oc%10ccc(C(C)(C)C)cc%10)c(c%10ccc-4c3c5%10)c97)C(=O)N(c3c(C(C)C)cc(OC(=O)C=C)cc3C(C)C)C8=O)c(C)cc2-6)c(C(C)C)c1. The number of aryl methyl sites for hydroxylation is 4. The van der Waals surface area contributed by atoms with Crippen LogP contribution in [0.2, 0.25) is 0 Å². The average Bonchev–Trinajstić information content (AvgIpc) is 1.30. The van der Waals surface area contributed by atoms with Crippen LogP contribution in [-0.2, 0) is 44.1 Å². The van der Waals surface area contributed by atoms with E-state index in [4.69, 9.17) is 28.4 Å². The highest BCUT2D eigenvalue weighted by molar-refractivity contribution is 6.48. The van der Waals surface area contributed by atoms with E-state index in [0.717, 1.165) is 156 Å². The summed E-state index contributed by atoms with van der Waals surface area (Å²) in [4.78, 5) is 94.4. The number of carbonyl (C=O) groups excluding carboxylic acids is 6. The maximum Gasteiger partial charge on any atom is 0.335 e. The van der Waals surface area contributed by atoms with Crippen LogP contribution in [0, 0.1) is 13.8 Å². The molecule has 0 unspecified atom stereocenters. The van der Waals surface area contributed by atoms with Crippen molar-refractivity contribution in [1.29, 1.82) is 0 Å². The summed E-state index contributed by atoms with van der Waals surface area (Å²) < 4.78 is 41.2. The summed E-state index contributed by atoms with van der Waals surface area (Å²) in [6, 6.07) is 74.5. The Labute approximate surface area is 839 Å². The molecule has 2 heterocycles. The fourth-order valence-electron chi connectivity index (χ4n) is 22.9. The van der Waals surface area contributed by atoms with Gasteiger partial charge in [-0.05, 0) is 323 Å². The maximum atomic E-state index is 16.5. The Morgan fingerprint density at radius 1 is 0.271 bits per heavy atom. The number of fused-ring (bicyclic) bond motifs is 10. The van der Waals surface area contributed by atoms with Crippen LogP contribution in [0.4, 0.5) is 11.4 Å². The smallest absolute Gasteiger partial charge is 0.335 e. The maximum absolute atomic E-state index is 16.5. The first-order valence-electron chi connectivity index (χ1n) is 50.2. The summed E-state index contributed by atoms with van der Waals surface area (Å²) >= 11 is 0. The predicted octanol–water partition coefficient (Wildman–Crippen LogP) is 34.1. The molecule has 4 aliphatic rings. The molecule has 0 saturated carbocycles. The number of nitrogens with zero attached hydrogens (tertiary/aromatic N) is 2. The zero-order valence-electron chi connectivity index (χ0n) is 85.9. The lowest BCUT2D eigenvalue weighted by Crippen LogP contribution is -2.42. The van der Waals surface area contributed by atoms with E-state index in [9.17, 15) is 9.59 Å². The quantitative estimate of drug-likeness (QED) is 0.0167. The predicted molar refractivity (Wildman–Crippen MR) is 585 cm³/mol. The normalized spacial score (nSPS) is 13.5. The zero-order valence-corrected chi connectivity index (χ0v) is 85.9. The Balaban J connectivity index is 0.689. The number of anilines is 2. The molecule has 0 saturated heterocycles. The lowest BCUT2D eigenvalue weighted by molar-refractivity contribution is -0.129. The highest BCUT2D eigenvalue weighted by atomic mass is 16.5. The number of imide groups is 2. The van der Waals surface area contributed by atoms with Gasteiger partial charge in [-0.1, -0.05) is 273 Å². The van der Waals surface area contributed by atoms with Crippen LogP contribution < -0.4 is 38.2 Å². The first-order valence-corrected chi connectivity index (χ1v) is 50.2. The number of amides is 4. The molecule has 2 aliphatic heterocycles. The summed E-state index contributed by atoms with van der Waals surface area (Å²) in [6.45, 7) is 54.0. The third kappa shape index (κ3) is 14.9. The van der Waals surface area contributed by atoms with E-state index < -0.39 is 35.6 Å². The van der Waals surface area contributed by atoms with Gasteiger partial charge in [-0.25, -0.2) is 19.4 Å². The lowest BCUT2D eigenvalue weighted by atomic mass is 9.82. The molecule has 718 valence electrons. The molecular weight excluding hydrogens is 1780 g/mol. The van der Waals surface area contributed by atoms with E-state index in [0.29, 0.717) is 101 Å². The van der Waals surface area contributed by atoms with E-state index >= 15 is 19.2 Å². The third-order valence-electron chi connectivity index (χ3n) is 30.4. The van der Waals surface area contributed by atoms with Crippen LogP contribution in [-0.4, -0.2) is 35.6 Å². The van der Waals surface area contributed by atoms with Gasteiger partial charge < -0.3 is 28.4 Å². The van der Waals surface area contributed by atoms with Gasteiger partial charge in [0.1, 0.15) is 57.5 Å². The van der Waals surface area contributed by atoms with Crippen LogP contribution in [0.3, 0.4) is 0 Å². The second-order valence-corrected chi connectivity index (χ2v) is 45.1. The molecule has 14 nitrogen and oxygen atoms in total. The summed E-state index contributed by atoms with van der Waals surface area (Å²) in [7, 11) is 0. The molecule has 0 fully saturated rings. The minimum absolute atomic E-state index is 0.158. The topological polar surface area (TPSA) is 164 Å². The molecule has 0 radical (unpaired) electrons. The fourth-order valence-corrected chi connectivity index (χ4v) is 22.9. The van der Waals surface area contributed by atoms with Crippen LogP contribution in [0.1, 0.15) is 270 Å². The molecular formula is C130H116N2O12. The van der Waals surface area contributed by atoms with Crippen molar-refractivity contribution in [2.45, 2.75) is 210 Å². The van der Waals surface area contributed by atoms with Gasteiger partial charge in [0.25, 0.3) is 23.6 Å². The first kappa shape index (κ1) is 93.4. The molecule has 4 amide bonds. The molecule has 0 aromatic heterocycles. The zero-order chi connectivity index (χ0) is 101. The summed E-state index contributed by atoms with van der Waals surface area (Å²) in [5, 5.41) is 12.9. The van der Waals surface area contributed by atoms with Crippen molar-refractivity contribution < 1.29 is 57.2 Å². The molecule has 14 heteroatoms. The molecule has 22 rings (SSSR count). The Hall–Kier alpha value is -15.5. The van der Waals surface area contributed by atoms with E-state index in [1.54, 1.807) is 24.3 Å². The van der Waals surface area contributed by atoms with Gasteiger partial charge >= 0.3 is 11.9 Å². The highest BCUT2D eigenvalue weighted by Crippen LogP contribution is 2.62. The molecule has 2 aliphatic carbocycles. The largest absolute Gasteiger partial charge is 0.457 e. The molecule has 18 aromatic carbocycles. The summed E-state index contributed by atoms with van der Waals surface area (Å²) in [6.07, 6.45) is 3.70. The number of esters is 2. The summed E-state index contributed by atoms with van der Waals surface area (Å²) in [5.74, 6) is 0.232. The molecule has 0 N–H and O–H groups in total. The molecule has 18 aromatic rings. The van der Waals surface area contributed by atoms with Crippen LogP contribution in [0.5, 0.6) is 57.5 Å². The van der Waals surface area contributed by atoms with Crippen molar-refractivity contribution in [3.05, 3.63) is 333 Å². The molecule has 0 spiro atoms. The van der Waals surface area contributed by atoms with Gasteiger partial charge in [0.05, 0.1) is 33.6 Å². The van der Waals surface area contributed by atoms with Gasteiger partial charge in [-0.15, -0.1) is 0 Å². The number of carbonyl (C=O) groups is 6. The monoisotopic (exact) mass is 1900 g/mol. The fraction of sp³-hybridized carbons (Fsp3) is 0.246. The van der Waals surface area contributed by atoms with E-state index in [1.807, 2.05) is 128 Å². The van der Waals surface area contributed by atoms with Crippen molar-refractivity contribution in [3.8, 4) is 102 Å². The minimum Gasteiger partial charge on any atom is -0.457 e. The van der Waals surface area contributed by atoms with Crippen molar-refractivity contribution >= 4 is 133 Å². The van der Waals surface area contributed by atoms with Gasteiger partial charge in [-0.3, -0.25) is 19.2 Å². The summed E-state index contributed by atoms with van der Waals surface area (Å²) in [5.41, 5.74) is 22.1. The van der Waals surface area contributed by atoms with E-state index in [1.165, 1.54) is 32.1 Å². The number of benzene rings is 18. The Bertz CT molecular complexity index is 7860. The second kappa shape index (κ2) is 33.6. The van der Waals surface area contributed by atoms with E-state index in [2.05, 4.69) is 231 Å².